The van der Waals surface area contributed by atoms with E-state index >= 15 is 0 Å². The van der Waals surface area contributed by atoms with E-state index in [0.717, 1.165) is 22.6 Å². The highest BCUT2D eigenvalue weighted by Gasteiger charge is 2.17. The zero-order valence-corrected chi connectivity index (χ0v) is 17.1. The minimum absolute atomic E-state index is 0.210. The maximum atomic E-state index is 13.0. The summed E-state index contributed by atoms with van der Waals surface area (Å²) in [6.45, 7) is 4.06. The van der Waals surface area contributed by atoms with Gasteiger partial charge in [-0.2, -0.15) is 0 Å². The van der Waals surface area contributed by atoms with Crippen LogP contribution in [0.15, 0.2) is 77.3 Å². The van der Waals surface area contributed by atoms with Crippen molar-refractivity contribution in [2.45, 2.75) is 13.8 Å². The van der Waals surface area contributed by atoms with Crippen LogP contribution in [0, 0.1) is 13.8 Å². The minimum Gasteiger partial charge on any atom is -0.497 e. The summed E-state index contributed by atoms with van der Waals surface area (Å²) in [4.78, 5) is 17.4. The van der Waals surface area contributed by atoms with Gasteiger partial charge >= 0.3 is 0 Å². The Morgan fingerprint density at radius 1 is 0.967 bits per heavy atom. The summed E-state index contributed by atoms with van der Waals surface area (Å²) in [5, 5.41) is 2.97. The van der Waals surface area contributed by atoms with E-state index in [4.69, 9.17) is 9.15 Å². The molecule has 1 amide bonds. The van der Waals surface area contributed by atoms with Gasteiger partial charge in [-0.25, -0.2) is 4.98 Å². The molecule has 0 aliphatic carbocycles. The van der Waals surface area contributed by atoms with Crippen LogP contribution in [0.4, 0.5) is 5.69 Å². The zero-order valence-electron chi connectivity index (χ0n) is 17.1. The largest absolute Gasteiger partial charge is 0.497 e. The van der Waals surface area contributed by atoms with Crippen molar-refractivity contribution in [3.63, 3.8) is 0 Å². The van der Waals surface area contributed by atoms with E-state index in [0.29, 0.717) is 22.8 Å². The topological polar surface area (TPSA) is 64.4 Å². The number of aryl methyl sites for hydroxylation is 2. The van der Waals surface area contributed by atoms with Gasteiger partial charge in [0.1, 0.15) is 5.75 Å². The Hall–Kier alpha value is -3.86. The summed E-state index contributed by atoms with van der Waals surface area (Å²) in [5.74, 6) is 1.58. The van der Waals surface area contributed by atoms with Crippen molar-refractivity contribution in [2.24, 2.45) is 0 Å². The number of amides is 1. The lowest BCUT2D eigenvalue weighted by molar-refractivity contribution is 0.102. The van der Waals surface area contributed by atoms with Gasteiger partial charge in [0.25, 0.3) is 5.91 Å². The predicted molar refractivity (Wildman–Crippen MR) is 118 cm³/mol. The number of methoxy groups -OCH3 is 1. The Kier molecular flexibility index (Phi) is 5.35. The number of carbonyl (C=O) groups excluding carboxylic acids is 1. The van der Waals surface area contributed by atoms with Crippen LogP contribution in [0.3, 0.4) is 0 Å². The number of benzene rings is 3. The van der Waals surface area contributed by atoms with Crippen molar-refractivity contribution in [3.8, 4) is 28.5 Å². The fourth-order valence-electron chi connectivity index (χ4n) is 3.17. The van der Waals surface area contributed by atoms with E-state index in [9.17, 15) is 4.79 Å². The Morgan fingerprint density at radius 3 is 2.47 bits per heavy atom. The van der Waals surface area contributed by atoms with Crippen LogP contribution in [0.1, 0.15) is 21.5 Å². The predicted octanol–water partition coefficient (Wildman–Crippen LogP) is 5.89. The Balaban J connectivity index is 1.62. The summed E-state index contributed by atoms with van der Waals surface area (Å²) < 4.78 is 11.2. The molecule has 0 bridgehead atoms. The Bertz CT molecular complexity index is 1190. The molecule has 3 aromatic carbocycles. The van der Waals surface area contributed by atoms with Gasteiger partial charge in [0.15, 0.2) is 5.76 Å². The molecule has 1 N–H and O–H groups in total. The molecule has 0 aliphatic heterocycles. The molecular weight excluding hydrogens is 376 g/mol. The molecule has 0 spiro atoms. The molecule has 0 unspecified atom stereocenters. The molecule has 150 valence electrons. The average molecular weight is 398 g/mol. The maximum Gasteiger partial charge on any atom is 0.256 e. The standard InChI is InChI=1S/C25H22N2O3/c1-16-8-11-19(14-17(16)2)27-24(28)21-6-4-5-7-22(21)25-26-15-23(30-25)18-9-12-20(29-3)13-10-18/h4-15H,1-3H3,(H,27,28). The van der Waals surface area contributed by atoms with Gasteiger partial charge in [-0.15, -0.1) is 0 Å². The third kappa shape index (κ3) is 3.96. The first-order valence-electron chi connectivity index (χ1n) is 9.63. The number of carbonyl (C=O) groups is 1. The molecule has 0 atom stereocenters. The quantitative estimate of drug-likeness (QED) is 0.455. The van der Waals surface area contributed by atoms with Crippen LogP contribution in [0.25, 0.3) is 22.8 Å². The number of hydrogen-bond donors (Lipinski definition) is 1. The zero-order chi connectivity index (χ0) is 21.1. The van der Waals surface area contributed by atoms with Gasteiger partial charge in [0, 0.05) is 16.8 Å². The molecule has 1 heterocycles. The summed E-state index contributed by atoms with van der Waals surface area (Å²) in [6, 6.07) is 20.7. The van der Waals surface area contributed by atoms with Gasteiger partial charge in [-0.1, -0.05) is 18.2 Å². The van der Waals surface area contributed by atoms with E-state index in [-0.39, 0.29) is 5.91 Å². The second-order valence-electron chi connectivity index (χ2n) is 7.06. The number of rotatable bonds is 5. The Morgan fingerprint density at radius 2 is 1.73 bits per heavy atom. The van der Waals surface area contributed by atoms with Crippen LogP contribution in [0.5, 0.6) is 5.75 Å². The van der Waals surface area contributed by atoms with Crippen LogP contribution >= 0.6 is 0 Å². The van der Waals surface area contributed by atoms with Gasteiger partial charge in [-0.3, -0.25) is 4.79 Å². The van der Waals surface area contributed by atoms with Gasteiger partial charge < -0.3 is 14.5 Å². The molecule has 0 fully saturated rings. The molecule has 1 aromatic heterocycles. The van der Waals surface area contributed by atoms with Crippen LogP contribution < -0.4 is 10.1 Å². The van der Waals surface area contributed by atoms with Crippen molar-refractivity contribution >= 4 is 11.6 Å². The monoisotopic (exact) mass is 398 g/mol. The highest BCUT2D eigenvalue weighted by molar-refractivity contribution is 6.08. The third-order valence-corrected chi connectivity index (χ3v) is 5.05. The van der Waals surface area contributed by atoms with E-state index in [2.05, 4.69) is 10.3 Å². The van der Waals surface area contributed by atoms with Crippen LogP contribution in [-0.2, 0) is 0 Å². The normalized spacial score (nSPS) is 10.6. The SMILES string of the molecule is COc1ccc(-c2cnc(-c3ccccc3C(=O)Nc3ccc(C)c(C)c3)o2)cc1. The van der Waals surface area contributed by atoms with Gasteiger partial charge in [0.2, 0.25) is 5.89 Å². The number of anilines is 1. The summed E-state index contributed by atoms with van der Waals surface area (Å²) in [7, 11) is 1.63. The van der Waals surface area contributed by atoms with Crippen LogP contribution in [0.2, 0.25) is 0 Å². The van der Waals surface area contributed by atoms with Crippen molar-refractivity contribution < 1.29 is 13.9 Å². The van der Waals surface area contributed by atoms with Gasteiger partial charge in [0.05, 0.1) is 18.9 Å². The van der Waals surface area contributed by atoms with Crippen molar-refractivity contribution in [1.82, 2.24) is 4.98 Å². The van der Waals surface area contributed by atoms with Gasteiger partial charge in [-0.05, 0) is 73.5 Å². The minimum atomic E-state index is -0.210. The first-order valence-corrected chi connectivity index (χ1v) is 9.63. The lowest BCUT2D eigenvalue weighted by Gasteiger charge is -2.10. The third-order valence-electron chi connectivity index (χ3n) is 5.05. The van der Waals surface area contributed by atoms with E-state index in [1.54, 1.807) is 19.4 Å². The highest BCUT2D eigenvalue weighted by atomic mass is 16.5. The first kappa shape index (κ1) is 19.5. The molecular formula is C25H22N2O3. The van der Waals surface area contributed by atoms with Crippen LogP contribution in [-0.4, -0.2) is 18.0 Å². The fraction of sp³-hybridized carbons (Fsp3) is 0.120. The van der Waals surface area contributed by atoms with E-state index in [1.165, 1.54) is 5.56 Å². The molecule has 0 aliphatic rings. The van der Waals surface area contributed by atoms with Crippen molar-refractivity contribution in [1.29, 1.82) is 0 Å². The number of aromatic nitrogens is 1. The smallest absolute Gasteiger partial charge is 0.256 e. The summed E-state index contributed by atoms with van der Waals surface area (Å²) in [6.07, 6.45) is 1.66. The molecule has 4 aromatic rings. The van der Waals surface area contributed by atoms with Crippen molar-refractivity contribution in [2.75, 3.05) is 12.4 Å². The molecule has 0 saturated carbocycles. The fourth-order valence-corrected chi connectivity index (χ4v) is 3.17. The summed E-state index contributed by atoms with van der Waals surface area (Å²) in [5.41, 5.74) is 5.07. The molecule has 30 heavy (non-hydrogen) atoms. The van der Waals surface area contributed by atoms with E-state index in [1.807, 2.05) is 74.5 Å². The molecule has 5 heteroatoms. The maximum absolute atomic E-state index is 13.0. The second kappa shape index (κ2) is 8.25. The molecule has 0 saturated heterocycles. The first-order chi connectivity index (χ1) is 14.5. The van der Waals surface area contributed by atoms with Crippen molar-refractivity contribution in [3.05, 3.63) is 89.6 Å². The number of nitrogens with one attached hydrogen (secondary N) is 1. The number of ether oxygens (including phenoxy) is 1. The summed E-state index contributed by atoms with van der Waals surface area (Å²) >= 11 is 0. The lowest BCUT2D eigenvalue weighted by Crippen LogP contribution is -2.13. The molecule has 4 rings (SSSR count). The molecule has 0 radical (unpaired) electrons. The number of nitrogens with zero attached hydrogens (tertiary/aromatic N) is 1. The number of hydrogen-bond acceptors (Lipinski definition) is 4. The highest BCUT2D eigenvalue weighted by Crippen LogP contribution is 2.29. The Labute approximate surface area is 175 Å². The average Bonchev–Trinajstić information content (AvgIpc) is 3.26. The van der Waals surface area contributed by atoms with E-state index < -0.39 is 0 Å². The lowest BCUT2D eigenvalue weighted by atomic mass is 10.1. The number of oxazole rings is 1. The second-order valence-corrected chi connectivity index (χ2v) is 7.06. The molecule has 5 nitrogen and oxygen atoms in total.